The summed E-state index contributed by atoms with van der Waals surface area (Å²) in [5.41, 5.74) is 3.12. The fraction of sp³-hybridized carbons (Fsp3) is 0.0556. The van der Waals surface area contributed by atoms with Crippen LogP contribution >= 0.6 is 12.6 Å². The number of aliphatic imine (C=N–C) groups is 1. The summed E-state index contributed by atoms with van der Waals surface area (Å²) in [5, 5.41) is 23.1. The zero-order valence-corrected chi connectivity index (χ0v) is 14.5. The summed E-state index contributed by atoms with van der Waals surface area (Å²) in [4.78, 5) is 8.26. The zero-order valence-electron chi connectivity index (χ0n) is 13.6. The van der Waals surface area contributed by atoms with Gasteiger partial charge in [-0.05, 0) is 30.2 Å². The molecule has 2 aromatic heterocycles. The monoisotopic (exact) mass is 362 g/mol. The Kier molecular flexibility index (Phi) is 4.32. The highest BCUT2D eigenvalue weighted by atomic mass is 32.1. The second-order valence-electron chi connectivity index (χ2n) is 5.54. The highest BCUT2D eigenvalue weighted by molar-refractivity contribution is 7.80. The Morgan fingerprint density at radius 1 is 1.12 bits per heavy atom. The minimum Gasteiger partial charge on any atom is -0.493 e. The van der Waals surface area contributed by atoms with E-state index in [1.54, 1.807) is 12.4 Å². The molecule has 128 valence electrons. The molecule has 3 heterocycles. The smallest absolute Gasteiger partial charge is 0.220 e. The first-order valence-corrected chi connectivity index (χ1v) is 8.32. The lowest BCUT2D eigenvalue weighted by atomic mass is 10.1. The first-order chi connectivity index (χ1) is 12.7. The zero-order chi connectivity index (χ0) is 17.9. The third-order valence-electron chi connectivity index (χ3n) is 3.89. The van der Waals surface area contributed by atoms with Crippen LogP contribution in [0.5, 0.6) is 0 Å². The quantitative estimate of drug-likeness (QED) is 0.553. The van der Waals surface area contributed by atoms with E-state index in [4.69, 9.17) is 0 Å². The van der Waals surface area contributed by atoms with Gasteiger partial charge in [-0.3, -0.25) is 4.98 Å². The number of nitrogens with zero attached hydrogens (tertiary/aromatic N) is 6. The van der Waals surface area contributed by atoms with Gasteiger partial charge in [0.15, 0.2) is 5.82 Å². The Morgan fingerprint density at radius 2 is 1.92 bits per heavy atom. The topological polar surface area (TPSA) is 88.5 Å². The van der Waals surface area contributed by atoms with E-state index in [2.05, 4.69) is 37.9 Å². The van der Waals surface area contributed by atoms with E-state index >= 15 is 0 Å². The van der Waals surface area contributed by atoms with Crippen LogP contribution in [0.3, 0.4) is 0 Å². The van der Waals surface area contributed by atoms with Crippen molar-refractivity contribution in [1.82, 2.24) is 19.9 Å². The van der Waals surface area contributed by atoms with Crippen LogP contribution in [-0.2, 0) is 6.42 Å². The lowest BCUT2D eigenvalue weighted by Gasteiger charge is -2.02. The summed E-state index contributed by atoms with van der Waals surface area (Å²) in [5.74, 6) is 0.445. The van der Waals surface area contributed by atoms with Crippen molar-refractivity contribution in [2.75, 3.05) is 0 Å². The molecule has 8 heteroatoms. The van der Waals surface area contributed by atoms with Crippen LogP contribution < -0.4 is 0 Å². The normalized spacial score (nSPS) is 13.9. The molecule has 0 unspecified atom stereocenters. The second-order valence-corrected chi connectivity index (χ2v) is 5.94. The van der Waals surface area contributed by atoms with Crippen LogP contribution in [0.15, 0.2) is 75.7 Å². The number of rotatable bonds is 3. The van der Waals surface area contributed by atoms with E-state index in [1.807, 2.05) is 42.5 Å². The molecule has 7 nitrogen and oxygen atoms in total. The lowest BCUT2D eigenvalue weighted by Crippen LogP contribution is -2.04. The summed E-state index contributed by atoms with van der Waals surface area (Å²) in [6.07, 6.45) is 7.39. The van der Waals surface area contributed by atoms with Gasteiger partial charge in [-0.15, -0.1) is 22.8 Å². The van der Waals surface area contributed by atoms with Crippen molar-refractivity contribution in [3.8, 4) is 11.4 Å². The fourth-order valence-corrected chi connectivity index (χ4v) is 2.76. The molecular weight excluding hydrogens is 348 g/mol. The van der Waals surface area contributed by atoms with Gasteiger partial charge in [-0.1, -0.05) is 24.3 Å². The summed E-state index contributed by atoms with van der Waals surface area (Å²) < 4.78 is 1.49. The highest BCUT2D eigenvalue weighted by Gasteiger charge is 2.13. The number of para-hydroxylation sites is 1. The van der Waals surface area contributed by atoms with E-state index in [1.165, 1.54) is 10.9 Å². The average Bonchev–Trinajstić information content (AvgIpc) is 2.95. The van der Waals surface area contributed by atoms with Gasteiger partial charge in [0, 0.05) is 18.0 Å². The number of pyridine rings is 1. The van der Waals surface area contributed by atoms with Gasteiger partial charge in [0.2, 0.25) is 11.1 Å². The molecule has 26 heavy (non-hydrogen) atoms. The molecule has 0 saturated heterocycles. The molecule has 1 N–H and O–H groups in total. The van der Waals surface area contributed by atoms with Crippen molar-refractivity contribution in [2.24, 2.45) is 10.1 Å². The van der Waals surface area contributed by atoms with Gasteiger partial charge < -0.3 is 5.11 Å². The first-order valence-electron chi connectivity index (χ1n) is 7.87. The molecule has 0 amide bonds. The van der Waals surface area contributed by atoms with Gasteiger partial charge in [-0.2, -0.15) is 9.78 Å². The van der Waals surface area contributed by atoms with Crippen LogP contribution in [0.4, 0.5) is 5.69 Å². The Morgan fingerprint density at radius 3 is 2.77 bits per heavy atom. The summed E-state index contributed by atoms with van der Waals surface area (Å²) in [6.45, 7) is 0. The molecule has 4 rings (SSSR count). The van der Waals surface area contributed by atoms with Crippen molar-refractivity contribution in [3.05, 3.63) is 66.0 Å². The molecule has 0 spiro atoms. The number of thiol groups is 1. The Bertz CT molecular complexity index is 1040. The van der Waals surface area contributed by atoms with Crippen LogP contribution in [0, 0.1) is 0 Å². The molecule has 1 aromatic carbocycles. The predicted molar refractivity (Wildman–Crippen MR) is 102 cm³/mol. The summed E-state index contributed by atoms with van der Waals surface area (Å²) >= 11 is 4.30. The van der Waals surface area contributed by atoms with Gasteiger partial charge >= 0.3 is 0 Å². The standard InChI is InChI=1S/C18H14N6OS/c25-17-14(6-5-12-3-1-2-4-15(12)21-17)11-20-24-16(22-23-18(24)26)13-7-9-19-10-8-13/h1-4,6-11H,5H2,(H,21,25)(H,23,26)/b20-11+. The van der Waals surface area contributed by atoms with Gasteiger partial charge in [0.05, 0.1) is 17.5 Å². The van der Waals surface area contributed by atoms with E-state index in [0.717, 1.165) is 16.8 Å². The molecule has 0 bridgehead atoms. The van der Waals surface area contributed by atoms with Crippen molar-refractivity contribution in [1.29, 1.82) is 0 Å². The molecule has 0 radical (unpaired) electrons. The van der Waals surface area contributed by atoms with Gasteiger partial charge in [-0.25, -0.2) is 4.99 Å². The van der Waals surface area contributed by atoms with Crippen molar-refractivity contribution < 1.29 is 5.11 Å². The van der Waals surface area contributed by atoms with Crippen molar-refractivity contribution in [2.45, 2.75) is 11.6 Å². The third kappa shape index (κ3) is 3.14. The Balaban J connectivity index is 1.68. The number of aliphatic hydroxyl groups excluding tert-OH is 1. The fourth-order valence-electron chi connectivity index (χ4n) is 2.57. The Hall–Kier alpha value is -3.26. The van der Waals surface area contributed by atoms with Gasteiger partial charge in [0.25, 0.3) is 0 Å². The average molecular weight is 362 g/mol. The number of fused-ring (bicyclic) bond motifs is 1. The number of aliphatic hydroxyl groups is 1. The predicted octanol–water partition coefficient (Wildman–Crippen LogP) is 3.23. The van der Waals surface area contributed by atoms with Gasteiger partial charge in [0.1, 0.15) is 0 Å². The number of hydrogen-bond acceptors (Lipinski definition) is 6. The van der Waals surface area contributed by atoms with Crippen LogP contribution in [0.2, 0.25) is 0 Å². The largest absolute Gasteiger partial charge is 0.493 e. The van der Waals surface area contributed by atoms with Crippen LogP contribution in [0.25, 0.3) is 11.4 Å². The minimum atomic E-state index is -0.0852. The molecule has 0 atom stereocenters. The second kappa shape index (κ2) is 6.93. The van der Waals surface area contributed by atoms with Crippen molar-refractivity contribution in [3.63, 3.8) is 0 Å². The molecule has 1 aliphatic rings. The number of hydrogen-bond donors (Lipinski definition) is 2. The maximum Gasteiger partial charge on any atom is 0.220 e. The van der Waals surface area contributed by atoms with Crippen LogP contribution in [-0.4, -0.2) is 37.1 Å². The minimum absolute atomic E-state index is 0.0852. The third-order valence-corrected chi connectivity index (χ3v) is 4.17. The molecule has 1 aliphatic heterocycles. The molecule has 0 fully saturated rings. The van der Waals surface area contributed by atoms with E-state index in [-0.39, 0.29) is 5.90 Å². The van der Waals surface area contributed by atoms with E-state index in [0.29, 0.717) is 23.0 Å². The lowest BCUT2D eigenvalue weighted by molar-refractivity contribution is 0.556. The van der Waals surface area contributed by atoms with Crippen LogP contribution in [0.1, 0.15) is 5.56 Å². The number of benzene rings is 1. The first kappa shape index (κ1) is 16.2. The summed E-state index contributed by atoms with van der Waals surface area (Å²) in [7, 11) is 0. The maximum atomic E-state index is 10.3. The molecule has 3 aromatic rings. The highest BCUT2D eigenvalue weighted by Crippen LogP contribution is 2.24. The SMILES string of the molecule is OC1=Nc2ccccc2CC=C1/C=N/n1c(S)nnc1-c1ccncc1. The van der Waals surface area contributed by atoms with E-state index < -0.39 is 0 Å². The Labute approximate surface area is 154 Å². The molecule has 0 aliphatic carbocycles. The maximum absolute atomic E-state index is 10.3. The van der Waals surface area contributed by atoms with E-state index in [9.17, 15) is 5.11 Å². The summed E-state index contributed by atoms with van der Waals surface area (Å²) in [6, 6.07) is 11.3. The number of aromatic nitrogens is 4. The van der Waals surface area contributed by atoms with Crippen molar-refractivity contribution >= 4 is 30.4 Å². The number of allylic oxidation sites excluding steroid dienone is 1. The molecule has 0 saturated carbocycles. The molecular formula is C18H14N6OS.